The molecule has 2 aromatic carbocycles. The number of halogens is 1. The number of nitriles is 1. The number of benzene rings is 2. The highest BCUT2D eigenvalue weighted by Crippen LogP contribution is 2.24. The molecule has 0 radical (unpaired) electrons. The average molecular weight is 398 g/mol. The Labute approximate surface area is 166 Å². The Morgan fingerprint density at radius 2 is 1.85 bits per heavy atom. The average Bonchev–Trinajstić information content (AvgIpc) is 3.10. The fourth-order valence-electron chi connectivity index (χ4n) is 2.59. The topological polar surface area (TPSA) is 83.6 Å². The molecule has 0 spiro atoms. The number of carbonyl (C=O) groups is 1. The van der Waals surface area contributed by atoms with Gasteiger partial charge in [-0.25, -0.2) is 4.68 Å². The third kappa shape index (κ3) is 4.30. The smallest absolute Gasteiger partial charge is 0.278 e. The van der Waals surface area contributed by atoms with E-state index in [9.17, 15) is 4.79 Å². The second-order valence-electron chi connectivity index (χ2n) is 6.04. The van der Waals surface area contributed by atoms with Crippen LogP contribution in [0, 0.1) is 10.7 Å². The maximum absolute atomic E-state index is 12.7. The van der Waals surface area contributed by atoms with E-state index in [2.05, 4.69) is 15.6 Å². The molecule has 0 bridgehead atoms. The molecule has 1 amide bonds. The molecule has 3 rings (SSSR count). The molecular weight excluding hydrogens is 382 g/mol. The van der Waals surface area contributed by atoms with Gasteiger partial charge in [0.05, 0.1) is 11.4 Å². The van der Waals surface area contributed by atoms with Gasteiger partial charge < -0.3 is 5.32 Å². The van der Waals surface area contributed by atoms with Crippen LogP contribution in [0.15, 0.2) is 53.4 Å². The molecule has 0 aliphatic rings. The van der Waals surface area contributed by atoms with Crippen molar-refractivity contribution in [2.45, 2.75) is 24.7 Å². The Kier molecular flexibility index (Phi) is 5.79. The van der Waals surface area contributed by atoms with Crippen LogP contribution >= 0.6 is 23.4 Å². The van der Waals surface area contributed by atoms with Crippen molar-refractivity contribution in [1.82, 2.24) is 15.0 Å². The summed E-state index contributed by atoms with van der Waals surface area (Å²) >= 11 is 7.01. The third-order valence-corrected chi connectivity index (χ3v) is 4.66. The standard InChI is InChI=1S/C19H16ClN5OS/c1-12(2)18-17(23-24-25(18)15-7-3-13(20)4-8-15)19(26)22-14-5-9-16(10-6-14)27-11-21/h3-10,12H,1-2H3,(H,22,26). The Balaban J connectivity index is 1.88. The molecule has 1 heterocycles. The molecule has 27 heavy (non-hydrogen) atoms. The first-order valence-electron chi connectivity index (χ1n) is 8.18. The Hall–Kier alpha value is -2.82. The van der Waals surface area contributed by atoms with Crippen molar-refractivity contribution in [1.29, 1.82) is 5.26 Å². The summed E-state index contributed by atoms with van der Waals surface area (Å²) in [5.41, 5.74) is 2.40. The first kappa shape index (κ1) is 19.0. The van der Waals surface area contributed by atoms with Gasteiger partial charge in [0.25, 0.3) is 5.91 Å². The molecule has 0 aliphatic heterocycles. The van der Waals surface area contributed by atoms with Crippen LogP contribution in [0.1, 0.15) is 35.9 Å². The van der Waals surface area contributed by atoms with Gasteiger partial charge in [0, 0.05) is 15.6 Å². The SMILES string of the molecule is CC(C)c1c(C(=O)Nc2ccc(SC#N)cc2)nnn1-c1ccc(Cl)cc1. The number of anilines is 1. The zero-order valence-electron chi connectivity index (χ0n) is 14.7. The van der Waals surface area contributed by atoms with Crippen LogP contribution in [0.5, 0.6) is 0 Å². The monoisotopic (exact) mass is 397 g/mol. The summed E-state index contributed by atoms with van der Waals surface area (Å²) in [5.74, 6) is -0.301. The largest absolute Gasteiger partial charge is 0.321 e. The van der Waals surface area contributed by atoms with Crippen LogP contribution in [-0.4, -0.2) is 20.9 Å². The van der Waals surface area contributed by atoms with Crippen molar-refractivity contribution in [3.8, 4) is 11.1 Å². The number of thiocyanates is 1. The molecule has 136 valence electrons. The third-order valence-electron chi connectivity index (χ3n) is 3.81. The molecule has 6 nitrogen and oxygen atoms in total. The van der Waals surface area contributed by atoms with Crippen LogP contribution in [-0.2, 0) is 0 Å². The number of hydrogen-bond donors (Lipinski definition) is 1. The molecule has 0 unspecified atom stereocenters. The fraction of sp³-hybridized carbons (Fsp3) is 0.158. The van der Waals surface area contributed by atoms with Crippen LogP contribution in [0.25, 0.3) is 5.69 Å². The van der Waals surface area contributed by atoms with E-state index in [1.165, 1.54) is 0 Å². The molecule has 0 atom stereocenters. The van der Waals surface area contributed by atoms with E-state index in [1.807, 2.05) is 31.4 Å². The normalized spacial score (nSPS) is 10.6. The second kappa shape index (κ2) is 8.25. The highest BCUT2D eigenvalue weighted by atomic mass is 35.5. The van der Waals surface area contributed by atoms with Crippen molar-refractivity contribution in [3.05, 3.63) is 64.9 Å². The maximum Gasteiger partial charge on any atom is 0.278 e. The molecular formula is C19H16ClN5OS. The number of rotatable bonds is 5. The summed E-state index contributed by atoms with van der Waals surface area (Å²) in [5, 5.41) is 22.4. The van der Waals surface area contributed by atoms with Crippen molar-refractivity contribution >= 4 is 35.0 Å². The van der Waals surface area contributed by atoms with Gasteiger partial charge in [-0.05, 0) is 66.2 Å². The number of carbonyl (C=O) groups excluding carboxylic acids is 1. The van der Waals surface area contributed by atoms with E-state index in [1.54, 1.807) is 41.1 Å². The van der Waals surface area contributed by atoms with Gasteiger partial charge in [0.1, 0.15) is 5.40 Å². The van der Waals surface area contributed by atoms with E-state index in [4.69, 9.17) is 16.9 Å². The predicted octanol–water partition coefficient (Wildman–Crippen LogP) is 4.87. The summed E-state index contributed by atoms with van der Waals surface area (Å²) in [6.07, 6.45) is 0. The van der Waals surface area contributed by atoms with E-state index < -0.39 is 0 Å². The van der Waals surface area contributed by atoms with Gasteiger partial charge in [-0.2, -0.15) is 5.26 Å². The zero-order valence-corrected chi connectivity index (χ0v) is 16.3. The number of amides is 1. The van der Waals surface area contributed by atoms with Gasteiger partial charge >= 0.3 is 0 Å². The quantitative estimate of drug-likeness (QED) is 0.490. The molecule has 8 heteroatoms. The van der Waals surface area contributed by atoms with Gasteiger partial charge in [-0.1, -0.05) is 30.7 Å². The van der Waals surface area contributed by atoms with Crippen molar-refractivity contribution in [3.63, 3.8) is 0 Å². The highest BCUT2D eigenvalue weighted by Gasteiger charge is 2.23. The van der Waals surface area contributed by atoms with Crippen molar-refractivity contribution < 1.29 is 4.79 Å². The number of aromatic nitrogens is 3. The van der Waals surface area contributed by atoms with Crippen LogP contribution in [0.4, 0.5) is 5.69 Å². The van der Waals surface area contributed by atoms with E-state index in [0.29, 0.717) is 16.4 Å². The summed E-state index contributed by atoms with van der Waals surface area (Å²) < 4.78 is 1.66. The van der Waals surface area contributed by atoms with Crippen molar-refractivity contribution in [2.75, 3.05) is 5.32 Å². The lowest BCUT2D eigenvalue weighted by Crippen LogP contribution is -2.16. The minimum absolute atomic E-state index is 0.0332. The van der Waals surface area contributed by atoms with Gasteiger partial charge in [-0.3, -0.25) is 4.79 Å². The van der Waals surface area contributed by atoms with Crippen molar-refractivity contribution in [2.24, 2.45) is 0 Å². The summed E-state index contributed by atoms with van der Waals surface area (Å²) in [7, 11) is 0. The molecule has 1 aromatic heterocycles. The van der Waals surface area contributed by atoms with Gasteiger partial charge in [0.15, 0.2) is 5.69 Å². The molecule has 0 saturated heterocycles. The fourth-order valence-corrected chi connectivity index (χ4v) is 3.09. The molecule has 0 fully saturated rings. The Morgan fingerprint density at radius 1 is 1.19 bits per heavy atom. The highest BCUT2D eigenvalue weighted by molar-refractivity contribution is 8.03. The van der Waals surface area contributed by atoms with Gasteiger partial charge in [-0.15, -0.1) is 5.10 Å². The minimum atomic E-state index is -0.334. The molecule has 0 aliphatic carbocycles. The number of nitrogens with one attached hydrogen (secondary N) is 1. The lowest BCUT2D eigenvalue weighted by atomic mass is 10.1. The molecule has 0 saturated carbocycles. The van der Waals surface area contributed by atoms with Crippen LogP contribution in [0.3, 0.4) is 0 Å². The first-order valence-corrected chi connectivity index (χ1v) is 9.38. The minimum Gasteiger partial charge on any atom is -0.321 e. The first-order chi connectivity index (χ1) is 13.0. The Morgan fingerprint density at radius 3 is 2.44 bits per heavy atom. The Bertz CT molecular complexity index is 990. The van der Waals surface area contributed by atoms with E-state index in [0.717, 1.165) is 22.3 Å². The second-order valence-corrected chi connectivity index (χ2v) is 7.33. The predicted molar refractivity (Wildman–Crippen MR) is 106 cm³/mol. The summed E-state index contributed by atoms with van der Waals surface area (Å²) in [4.78, 5) is 13.6. The molecule has 3 aromatic rings. The number of hydrogen-bond acceptors (Lipinski definition) is 5. The zero-order chi connectivity index (χ0) is 19.4. The van der Waals surface area contributed by atoms with E-state index in [-0.39, 0.29) is 17.5 Å². The number of nitrogens with zero attached hydrogens (tertiary/aromatic N) is 4. The van der Waals surface area contributed by atoms with Crippen LogP contribution in [0.2, 0.25) is 5.02 Å². The van der Waals surface area contributed by atoms with E-state index >= 15 is 0 Å². The summed E-state index contributed by atoms with van der Waals surface area (Å²) in [6, 6.07) is 14.2. The van der Waals surface area contributed by atoms with Gasteiger partial charge in [0.2, 0.25) is 0 Å². The molecule has 1 N–H and O–H groups in total. The lowest BCUT2D eigenvalue weighted by Gasteiger charge is -2.11. The summed E-state index contributed by atoms with van der Waals surface area (Å²) in [6.45, 7) is 3.96. The maximum atomic E-state index is 12.7. The number of thioether (sulfide) groups is 1. The van der Waals surface area contributed by atoms with Crippen LogP contribution < -0.4 is 5.32 Å². The lowest BCUT2D eigenvalue weighted by molar-refractivity contribution is 0.102.